The molecule has 0 spiro atoms. The first-order chi connectivity index (χ1) is 9.95. The van der Waals surface area contributed by atoms with E-state index in [0.717, 1.165) is 5.56 Å². The molecular weight excluding hydrogens is 266 g/mol. The lowest BCUT2D eigenvalue weighted by molar-refractivity contribution is -0.119. The van der Waals surface area contributed by atoms with Crippen LogP contribution in [0.5, 0.6) is 0 Å². The van der Waals surface area contributed by atoms with Crippen molar-refractivity contribution in [3.63, 3.8) is 0 Å². The lowest BCUT2D eigenvalue weighted by Gasteiger charge is -2.05. The number of aromatic nitrogens is 2. The Kier molecular flexibility index (Phi) is 4.73. The Morgan fingerprint density at radius 2 is 1.81 bits per heavy atom. The molecule has 112 valence electrons. The van der Waals surface area contributed by atoms with Gasteiger partial charge >= 0.3 is 6.01 Å². The second-order valence-corrected chi connectivity index (χ2v) is 5.72. The third-order valence-electron chi connectivity index (χ3n) is 3.22. The van der Waals surface area contributed by atoms with Crippen LogP contribution in [0.3, 0.4) is 0 Å². The standard InChI is InChI=1S/C16H21N3O2/c1-10(2)13-7-5-12(6-8-13)9-14-18-19-16(21-14)17-15(20)11(3)4/h5-8,10-11H,9H2,1-4H3,(H,17,19,20). The van der Waals surface area contributed by atoms with Gasteiger partial charge in [-0.05, 0) is 17.0 Å². The van der Waals surface area contributed by atoms with Gasteiger partial charge in [-0.25, -0.2) is 0 Å². The quantitative estimate of drug-likeness (QED) is 0.915. The SMILES string of the molecule is CC(C)C(=O)Nc1nnc(Cc2ccc(C(C)C)cc2)o1. The van der Waals surface area contributed by atoms with Crippen molar-refractivity contribution >= 4 is 11.9 Å². The number of nitrogens with one attached hydrogen (secondary N) is 1. The summed E-state index contributed by atoms with van der Waals surface area (Å²) in [5.41, 5.74) is 2.40. The van der Waals surface area contributed by atoms with Crippen LogP contribution in [0, 0.1) is 5.92 Å². The molecule has 1 aromatic heterocycles. The van der Waals surface area contributed by atoms with Gasteiger partial charge in [-0.15, -0.1) is 5.10 Å². The van der Waals surface area contributed by atoms with Crippen molar-refractivity contribution in [3.8, 4) is 0 Å². The molecule has 0 atom stereocenters. The highest BCUT2D eigenvalue weighted by atomic mass is 16.4. The molecule has 0 bridgehead atoms. The Labute approximate surface area is 124 Å². The zero-order chi connectivity index (χ0) is 15.4. The number of rotatable bonds is 5. The molecule has 2 rings (SSSR count). The van der Waals surface area contributed by atoms with Gasteiger partial charge in [0, 0.05) is 5.92 Å². The van der Waals surface area contributed by atoms with E-state index in [2.05, 4.69) is 53.6 Å². The summed E-state index contributed by atoms with van der Waals surface area (Å²) in [7, 11) is 0. The van der Waals surface area contributed by atoms with Crippen molar-refractivity contribution in [3.05, 3.63) is 41.3 Å². The molecule has 5 heteroatoms. The number of carbonyl (C=O) groups is 1. The van der Waals surface area contributed by atoms with Crippen molar-refractivity contribution in [2.24, 2.45) is 5.92 Å². The molecule has 0 aliphatic carbocycles. The topological polar surface area (TPSA) is 68.0 Å². The zero-order valence-electron chi connectivity index (χ0n) is 12.9. The van der Waals surface area contributed by atoms with Gasteiger partial charge in [0.15, 0.2) is 0 Å². The van der Waals surface area contributed by atoms with Crippen LogP contribution < -0.4 is 5.32 Å². The number of benzene rings is 1. The van der Waals surface area contributed by atoms with E-state index in [1.165, 1.54) is 5.56 Å². The van der Waals surface area contributed by atoms with E-state index < -0.39 is 0 Å². The van der Waals surface area contributed by atoms with Crippen LogP contribution in [-0.2, 0) is 11.2 Å². The number of amides is 1. The minimum absolute atomic E-state index is 0.121. The van der Waals surface area contributed by atoms with E-state index in [0.29, 0.717) is 18.2 Å². The molecule has 0 aliphatic heterocycles. The molecule has 1 amide bonds. The second kappa shape index (κ2) is 6.52. The second-order valence-electron chi connectivity index (χ2n) is 5.72. The van der Waals surface area contributed by atoms with Gasteiger partial charge in [-0.3, -0.25) is 10.1 Å². The van der Waals surface area contributed by atoms with E-state index in [-0.39, 0.29) is 17.8 Å². The lowest BCUT2D eigenvalue weighted by Crippen LogP contribution is -2.17. The first kappa shape index (κ1) is 15.2. The van der Waals surface area contributed by atoms with E-state index in [1.807, 2.05) is 13.8 Å². The van der Waals surface area contributed by atoms with E-state index in [1.54, 1.807) is 0 Å². The summed E-state index contributed by atoms with van der Waals surface area (Å²) in [6.07, 6.45) is 0.558. The van der Waals surface area contributed by atoms with Crippen LogP contribution in [0.1, 0.15) is 50.6 Å². The summed E-state index contributed by atoms with van der Waals surface area (Å²) in [4.78, 5) is 11.5. The van der Waals surface area contributed by atoms with Crippen LogP contribution >= 0.6 is 0 Å². The average molecular weight is 287 g/mol. The first-order valence-electron chi connectivity index (χ1n) is 7.17. The third kappa shape index (κ3) is 4.15. The maximum Gasteiger partial charge on any atom is 0.322 e. The fraction of sp³-hybridized carbons (Fsp3) is 0.438. The molecule has 0 fully saturated rings. The Hall–Kier alpha value is -2.17. The molecule has 1 N–H and O–H groups in total. The van der Waals surface area contributed by atoms with Crippen molar-refractivity contribution in [2.45, 2.75) is 40.0 Å². The van der Waals surface area contributed by atoms with Crippen molar-refractivity contribution in [1.82, 2.24) is 10.2 Å². The molecule has 0 radical (unpaired) electrons. The molecule has 2 aromatic rings. The molecule has 0 unspecified atom stereocenters. The number of nitrogens with zero attached hydrogens (tertiary/aromatic N) is 2. The predicted octanol–water partition coefficient (Wildman–Crippen LogP) is 3.38. The summed E-state index contributed by atoms with van der Waals surface area (Å²) < 4.78 is 5.43. The fourth-order valence-electron chi connectivity index (χ4n) is 1.82. The van der Waals surface area contributed by atoms with Crippen molar-refractivity contribution in [2.75, 3.05) is 5.32 Å². The van der Waals surface area contributed by atoms with Gasteiger partial charge in [-0.2, -0.15) is 0 Å². The van der Waals surface area contributed by atoms with Crippen LogP contribution in [0.4, 0.5) is 6.01 Å². The minimum atomic E-state index is -0.133. The molecular formula is C16H21N3O2. The number of hydrogen-bond donors (Lipinski definition) is 1. The van der Waals surface area contributed by atoms with Gasteiger partial charge in [0.1, 0.15) is 0 Å². The maximum atomic E-state index is 11.5. The van der Waals surface area contributed by atoms with Gasteiger partial charge in [0.05, 0.1) is 6.42 Å². The summed E-state index contributed by atoms with van der Waals surface area (Å²) in [6, 6.07) is 8.50. The monoisotopic (exact) mass is 287 g/mol. The number of carbonyl (C=O) groups excluding carboxylic acids is 1. The summed E-state index contributed by atoms with van der Waals surface area (Å²) >= 11 is 0. The van der Waals surface area contributed by atoms with Gasteiger partial charge in [-0.1, -0.05) is 57.1 Å². The molecule has 0 aliphatic rings. The molecule has 1 aromatic carbocycles. The van der Waals surface area contributed by atoms with E-state index >= 15 is 0 Å². The average Bonchev–Trinajstić information content (AvgIpc) is 2.86. The lowest BCUT2D eigenvalue weighted by atomic mass is 10.0. The predicted molar refractivity (Wildman–Crippen MR) is 81.1 cm³/mol. The van der Waals surface area contributed by atoms with Crippen molar-refractivity contribution in [1.29, 1.82) is 0 Å². The Balaban J connectivity index is 2.00. The van der Waals surface area contributed by atoms with Gasteiger partial charge in [0.2, 0.25) is 11.8 Å². The zero-order valence-corrected chi connectivity index (χ0v) is 12.9. The molecule has 5 nitrogen and oxygen atoms in total. The largest absolute Gasteiger partial charge is 0.407 e. The van der Waals surface area contributed by atoms with Crippen molar-refractivity contribution < 1.29 is 9.21 Å². The van der Waals surface area contributed by atoms with Gasteiger partial charge in [0.25, 0.3) is 0 Å². The summed E-state index contributed by atoms with van der Waals surface area (Å²) in [5.74, 6) is 0.752. The highest BCUT2D eigenvalue weighted by Gasteiger charge is 2.12. The Morgan fingerprint density at radius 3 is 2.38 bits per heavy atom. The van der Waals surface area contributed by atoms with Gasteiger partial charge < -0.3 is 4.42 Å². The van der Waals surface area contributed by atoms with E-state index in [9.17, 15) is 4.79 Å². The molecule has 0 saturated carbocycles. The fourth-order valence-corrected chi connectivity index (χ4v) is 1.82. The van der Waals surface area contributed by atoms with Crippen LogP contribution in [0.15, 0.2) is 28.7 Å². The molecule has 21 heavy (non-hydrogen) atoms. The first-order valence-corrected chi connectivity index (χ1v) is 7.17. The normalized spacial score (nSPS) is 11.1. The Bertz CT molecular complexity index is 600. The Morgan fingerprint density at radius 1 is 1.14 bits per heavy atom. The molecule has 1 heterocycles. The number of hydrogen-bond acceptors (Lipinski definition) is 4. The summed E-state index contributed by atoms with van der Waals surface area (Å²) in [5, 5.41) is 10.4. The van der Waals surface area contributed by atoms with Crippen LogP contribution in [0.2, 0.25) is 0 Å². The van der Waals surface area contributed by atoms with Crippen LogP contribution in [0.25, 0.3) is 0 Å². The number of anilines is 1. The summed E-state index contributed by atoms with van der Waals surface area (Å²) in [6.45, 7) is 7.94. The minimum Gasteiger partial charge on any atom is -0.407 e. The van der Waals surface area contributed by atoms with Crippen LogP contribution in [-0.4, -0.2) is 16.1 Å². The molecule has 0 saturated heterocycles. The smallest absolute Gasteiger partial charge is 0.322 e. The maximum absolute atomic E-state index is 11.5. The highest BCUT2D eigenvalue weighted by Crippen LogP contribution is 2.17. The van der Waals surface area contributed by atoms with E-state index in [4.69, 9.17) is 4.42 Å². The third-order valence-corrected chi connectivity index (χ3v) is 3.22. The highest BCUT2D eigenvalue weighted by molar-refractivity contribution is 5.89.